The van der Waals surface area contributed by atoms with Crippen LogP contribution >= 0.6 is 15.9 Å². The fraction of sp³-hybridized carbons (Fsp3) is 0.250. The molecule has 0 aliphatic rings. The van der Waals surface area contributed by atoms with Crippen molar-refractivity contribution in [2.75, 3.05) is 0 Å². The van der Waals surface area contributed by atoms with Crippen LogP contribution in [0.1, 0.15) is 53.2 Å². The molecule has 0 aliphatic heterocycles. The molecule has 1 atom stereocenters. The first-order chi connectivity index (χ1) is 10.4. The minimum absolute atomic E-state index is 0.0227. The Hall–Kier alpha value is -2.10. The van der Waals surface area contributed by atoms with Crippen molar-refractivity contribution in [2.45, 2.75) is 26.0 Å². The van der Waals surface area contributed by atoms with Gasteiger partial charge in [0, 0.05) is 6.04 Å². The molecule has 0 bridgehead atoms. The Bertz CT molecular complexity index is 742. The van der Waals surface area contributed by atoms with Gasteiger partial charge in [-0.05, 0) is 53.5 Å². The molecule has 22 heavy (non-hydrogen) atoms. The fourth-order valence-corrected chi connectivity index (χ4v) is 3.21. The Morgan fingerprint density at radius 3 is 2.36 bits per heavy atom. The van der Waals surface area contributed by atoms with Crippen LogP contribution in [0.4, 0.5) is 0 Å². The molecule has 0 radical (unpaired) electrons. The Labute approximate surface area is 136 Å². The highest BCUT2D eigenvalue weighted by atomic mass is 79.9. The van der Waals surface area contributed by atoms with E-state index in [1.54, 1.807) is 28.8 Å². The number of nitrogens with zero attached hydrogens (tertiary/aromatic N) is 2. The summed E-state index contributed by atoms with van der Waals surface area (Å²) < 4.78 is 2.34. The average Bonchev–Trinajstić information content (AvgIpc) is 2.84. The maximum Gasteiger partial charge on any atom is 0.337 e. The monoisotopic (exact) mass is 362 g/mol. The summed E-state index contributed by atoms with van der Waals surface area (Å²) in [5, 5.41) is 28.8. The van der Waals surface area contributed by atoms with Crippen LogP contribution in [0.2, 0.25) is 0 Å². The molecule has 0 saturated heterocycles. The molecule has 5 nitrogen and oxygen atoms in total. The van der Waals surface area contributed by atoms with Crippen molar-refractivity contribution in [3.8, 4) is 6.07 Å². The van der Waals surface area contributed by atoms with E-state index in [-0.39, 0.29) is 11.6 Å². The SMILES string of the molecule is CC(C)n1c(Br)cc(C(=O)O)c1C(O)c1ccc(C#N)cc1. The van der Waals surface area contributed by atoms with Gasteiger partial charge in [-0.1, -0.05) is 12.1 Å². The first kappa shape index (κ1) is 16.3. The Morgan fingerprint density at radius 2 is 1.91 bits per heavy atom. The molecule has 2 N–H and O–H groups in total. The predicted molar refractivity (Wildman–Crippen MR) is 84.7 cm³/mol. The zero-order valence-corrected chi connectivity index (χ0v) is 13.7. The van der Waals surface area contributed by atoms with Crippen molar-refractivity contribution in [1.82, 2.24) is 4.57 Å². The molecular weight excluding hydrogens is 348 g/mol. The van der Waals surface area contributed by atoms with Crippen molar-refractivity contribution in [1.29, 1.82) is 5.26 Å². The summed E-state index contributed by atoms with van der Waals surface area (Å²) in [6.45, 7) is 3.82. The number of benzene rings is 1. The van der Waals surface area contributed by atoms with Crippen molar-refractivity contribution in [2.24, 2.45) is 0 Å². The van der Waals surface area contributed by atoms with E-state index in [9.17, 15) is 15.0 Å². The molecule has 1 aromatic heterocycles. The van der Waals surface area contributed by atoms with Gasteiger partial charge in [-0.3, -0.25) is 0 Å². The Morgan fingerprint density at radius 1 is 1.32 bits per heavy atom. The number of rotatable bonds is 4. The molecule has 1 unspecified atom stereocenters. The summed E-state index contributed by atoms with van der Waals surface area (Å²) in [5.41, 5.74) is 1.39. The highest BCUT2D eigenvalue weighted by molar-refractivity contribution is 9.10. The number of nitriles is 1. The van der Waals surface area contributed by atoms with E-state index < -0.39 is 12.1 Å². The molecule has 0 spiro atoms. The van der Waals surface area contributed by atoms with Gasteiger partial charge >= 0.3 is 5.97 Å². The molecule has 2 aromatic rings. The lowest BCUT2D eigenvalue weighted by molar-refractivity contribution is 0.0690. The number of aliphatic hydroxyl groups is 1. The van der Waals surface area contributed by atoms with Gasteiger partial charge in [0.2, 0.25) is 0 Å². The van der Waals surface area contributed by atoms with Crippen molar-refractivity contribution >= 4 is 21.9 Å². The van der Waals surface area contributed by atoms with Gasteiger partial charge in [0.05, 0.1) is 27.5 Å². The molecule has 2 rings (SSSR count). The van der Waals surface area contributed by atoms with Gasteiger partial charge in [0.25, 0.3) is 0 Å². The van der Waals surface area contributed by atoms with Crippen molar-refractivity contribution in [3.05, 3.63) is 57.3 Å². The topological polar surface area (TPSA) is 86.2 Å². The summed E-state index contributed by atoms with van der Waals surface area (Å²) in [4.78, 5) is 11.5. The molecule has 6 heteroatoms. The lowest BCUT2D eigenvalue weighted by Crippen LogP contribution is -2.14. The summed E-state index contributed by atoms with van der Waals surface area (Å²) >= 11 is 3.35. The van der Waals surface area contributed by atoms with Gasteiger partial charge < -0.3 is 14.8 Å². The van der Waals surface area contributed by atoms with Crippen LogP contribution in [-0.4, -0.2) is 20.7 Å². The summed E-state index contributed by atoms with van der Waals surface area (Å²) in [6, 6.07) is 9.91. The van der Waals surface area contributed by atoms with Crippen molar-refractivity contribution in [3.63, 3.8) is 0 Å². The van der Waals surface area contributed by atoms with Crippen LogP contribution in [0.5, 0.6) is 0 Å². The largest absolute Gasteiger partial charge is 0.478 e. The van der Waals surface area contributed by atoms with Gasteiger partial charge in [0.1, 0.15) is 6.10 Å². The molecule has 0 aliphatic carbocycles. The molecule has 0 fully saturated rings. The third-order valence-corrected chi connectivity index (χ3v) is 4.00. The predicted octanol–water partition coefficient (Wildman–Crippen LogP) is 3.48. The van der Waals surface area contributed by atoms with Gasteiger partial charge in [0.15, 0.2) is 0 Å². The van der Waals surface area contributed by atoms with Crippen LogP contribution in [-0.2, 0) is 0 Å². The standard InChI is InChI=1S/C16H15BrN2O3/c1-9(2)19-13(17)7-12(16(21)22)14(19)15(20)11-5-3-10(8-18)4-6-11/h3-7,9,15,20H,1-2H3,(H,21,22). The number of halogens is 1. The number of hydrogen-bond acceptors (Lipinski definition) is 3. The van der Waals surface area contributed by atoms with E-state index in [0.717, 1.165) is 0 Å². The molecule has 0 amide bonds. The van der Waals surface area contributed by atoms with E-state index in [1.165, 1.54) is 6.07 Å². The highest BCUT2D eigenvalue weighted by Crippen LogP contribution is 2.33. The minimum Gasteiger partial charge on any atom is -0.478 e. The van der Waals surface area contributed by atoms with Crippen molar-refractivity contribution < 1.29 is 15.0 Å². The summed E-state index contributed by atoms with van der Waals surface area (Å²) in [6.07, 6.45) is -1.09. The van der Waals surface area contributed by atoms with Crippen LogP contribution in [0.25, 0.3) is 0 Å². The maximum absolute atomic E-state index is 11.5. The van der Waals surface area contributed by atoms with E-state index in [2.05, 4.69) is 15.9 Å². The second kappa shape index (κ2) is 6.34. The van der Waals surface area contributed by atoms with E-state index >= 15 is 0 Å². The van der Waals surface area contributed by atoms with Crippen LogP contribution in [0, 0.1) is 11.3 Å². The second-order valence-electron chi connectivity index (χ2n) is 5.17. The smallest absolute Gasteiger partial charge is 0.337 e. The van der Waals surface area contributed by atoms with E-state index in [0.29, 0.717) is 21.4 Å². The average molecular weight is 363 g/mol. The first-order valence-corrected chi connectivity index (χ1v) is 7.48. The number of carboxylic acid groups (broad SMARTS) is 1. The Kier molecular flexibility index (Phi) is 4.69. The number of carbonyl (C=O) groups is 1. The van der Waals surface area contributed by atoms with Crippen LogP contribution in [0.3, 0.4) is 0 Å². The fourth-order valence-electron chi connectivity index (χ4n) is 2.38. The lowest BCUT2D eigenvalue weighted by Gasteiger charge is -2.20. The molecule has 1 aromatic carbocycles. The number of aliphatic hydroxyl groups excluding tert-OH is 1. The zero-order valence-electron chi connectivity index (χ0n) is 12.1. The van der Waals surface area contributed by atoms with Gasteiger partial charge in [-0.2, -0.15) is 5.26 Å². The minimum atomic E-state index is -1.09. The number of hydrogen-bond donors (Lipinski definition) is 2. The normalized spacial score (nSPS) is 12.2. The van der Waals surface area contributed by atoms with E-state index in [4.69, 9.17) is 5.26 Å². The lowest BCUT2D eigenvalue weighted by atomic mass is 10.0. The molecule has 114 valence electrons. The maximum atomic E-state index is 11.5. The molecular formula is C16H15BrN2O3. The van der Waals surface area contributed by atoms with Crippen LogP contribution < -0.4 is 0 Å². The number of aromatic carboxylic acids is 1. The first-order valence-electron chi connectivity index (χ1n) is 6.68. The van der Waals surface area contributed by atoms with Crippen LogP contribution in [0.15, 0.2) is 34.9 Å². The third kappa shape index (κ3) is 2.91. The Balaban J connectivity index is 2.58. The number of aromatic nitrogens is 1. The molecule has 1 heterocycles. The third-order valence-electron chi connectivity index (χ3n) is 3.39. The highest BCUT2D eigenvalue weighted by Gasteiger charge is 2.26. The quantitative estimate of drug-likeness (QED) is 0.871. The molecule has 0 saturated carbocycles. The second-order valence-corrected chi connectivity index (χ2v) is 5.98. The van der Waals surface area contributed by atoms with Gasteiger partial charge in [-0.15, -0.1) is 0 Å². The number of carboxylic acids is 1. The summed E-state index contributed by atoms with van der Waals surface area (Å²) in [7, 11) is 0. The summed E-state index contributed by atoms with van der Waals surface area (Å²) in [5.74, 6) is -1.09. The zero-order chi connectivity index (χ0) is 16.4. The van der Waals surface area contributed by atoms with Gasteiger partial charge in [-0.25, -0.2) is 4.79 Å². The van der Waals surface area contributed by atoms with E-state index in [1.807, 2.05) is 19.9 Å².